The molecule has 0 radical (unpaired) electrons. The van der Waals surface area contributed by atoms with E-state index in [0.29, 0.717) is 5.88 Å². The van der Waals surface area contributed by atoms with Crippen LogP contribution in [0.4, 0.5) is 0 Å². The first-order chi connectivity index (χ1) is 4.34. The number of aromatic nitrogens is 2. The topological polar surface area (TPSA) is 28.7 Å². The Morgan fingerprint density at radius 2 is 2.67 bits per heavy atom. The molecule has 3 heteroatoms. The number of rotatable bonds is 2. The lowest BCUT2D eigenvalue weighted by Gasteiger charge is -1.91. The van der Waals surface area contributed by atoms with Gasteiger partial charge in [-0.15, -0.1) is 11.6 Å². The molecular formula is C6H7ClN2. The number of aromatic amines is 1. The van der Waals surface area contributed by atoms with Crippen molar-refractivity contribution in [2.45, 2.75) is 0 Å². The predicted molar refractivity (Wildman–Crippen MR) is 38.3 cm³/mol. The van der Waals surface area contributed by atoms with E-state index < -0.39 is 0 Å². The summed E-state index contributed by atoms with van der Waals surface area (Å²) in [6.45, 7) is 3.72. The van der Waals surface area contributed by atoms with Crippen LogP contribution in [0, 0.1) is 0 Å². The Kier molecular flexibility index (Phi) is 1.90. The second kappa shape index (κ2) is 2.69. The molecule has 0 saturated heterocycles. The van der Waals surface area contributed by atoms with Crippen LogP contribution in [-0.2, 0) is 0 Å². The fraction of sp³-hybridized carbons (Fsp3) is 0.167. The van der Waals surface area contributed by atoms with Gasteiger partial charge in [0.05, 0.1) is 6.20 Å². The zero-order valence-corrected chi connectivity index (χ0v) is 5.65. The van der Waals surface area contributed by atoms with E-state index in [2.05, 4.69) is 16.8 Å². The number of hydrogen-bond donors (Lipinski definition) is 1. The summed E-state index contributed by atoms with van der Waals surface area (Å²) in [6, 6.07) is 0. The van der Waals surface area contributed by atoms with Crippen LogP contribution in [0.1, 0.15) is 5.56 Å². The van der Waals surface area contributed by atoms with E-state index in [1.807, 2.05) is 0 Å². The van der Waals surface area contributed by atoms with Gasteiger partial charge in [-0.05, 0) is 5.57 Å². The van der Waals surface area contributed by atoms with Gasteiger partial charge in [-0.2, -0.15) is 5.10 Å². The molecule has 9 heavy (non-hydrogen) atoms. The lowest BCUT2D eigenvalue weighted by Crippen LogP contribution is -1.77. The first kappa shape index (κ1) is 6.36. The minimum atomic E-state index is 0.458. The highest BCUT2D eigenvalue weighted by atomic mass is 35.5. The maximum absolute atomic E-state index is 5.50. The van der Waals surface area contributed by atoms with E-state index in [-0.39, 0.29) is 0 Å². The predicted octanol–water partition coefficient (Wildman–Crippen LogP) is 1.66. The zero-order chi connectivity index (χ0) is 6.69. The first-order valence-electron chi connectivity index (χ1n) is 2.57. The number of alkyl halides is 1. The summed E-state index contributed by atoms with van der Waals surface area (Å²) in [6.07, 6.45) is 3.47. The summed E-state index contributed by atoms with van der Waals surface area (Å²) in [4.78, 5) is 0. The van der Waals surface area contributed by atoms with Gasteiger partial charge in [0.15, 0.2) is 0 Å². The molecule has 0 aliphatic carbocycles. The van der Waals surface area contributed by atoms with Crippen molar-refractivity contribution in [1.29, 1.82) is 0 Å². The van der Waals surface area contributed by atoms with E-state index in [1.54, 1.807) is 12.4 Å². The Hall–Kier alpha value is -0.760. The third-order valence-corrected chi connectivity index (χ3v) is 1.39. The van der Waals surface area contributed by atoms with E-state index in [0.717, 1.165) is 11.1 Å². The number of nitrogens with zero attached hydrogens (tertiary/aromatic N) is 1. The van der Waals surface area contributed by atoms with E-state index in [4.69, 9.17) is 11.6 Å². The molecule has 0 spiro atoms. The molecular weight excluding hydrogens is 136 g/mol. The summed E-state index contributed by atoms with van der Waals surface area (Å²) < 4.78 is 0. The van der Waals surface area contributed by atoms with Crippen molar-refractivity contribution >= 4 is 17.2 Å². The highest BCUT2D eigenvalue weighted by Gasteiger charge is 1.95. The quantitative estimate of drug-likeness (QED) is 0.626. The monoisotopic (exact) mass is 142 g/mol. The molecule has 1 N–H and O–H groups in total. The number of H-pyrrole nitrogens is 1. The van der Waals surface area contributed by atoms with Gasteiger partial charge in [0.2, 0.25) is 0 Å². The van der Waals surface area contributed by atoms with Gasteiger partial charge in [0.25, 0.3) is 0 Å². The van der Waals surface area contributed by atoms with Crippen molar-refractivity contribution in [3.8, 4) is 0 Å². The molecule has 48 valence electrons. The smallest absolute Gasteiger partial charge is 0.0562 e. The molecule has 0 aliphatic rings. The van der Waals surface area contributed by atoms with Gasteiger partial charge in [-0.25, -0.2) is 0 Å². The molecule has 0 aromatic carbocycles. The van der Waals surface area contributed by atoms with Crippen molar-refractivity contribution < 1.29 is 0 Å². The highest BCUT2D eigenvalue weighted by molar-refractivity contribution is 6.23. The van der Waals surface area contributed by atoms with Crippen molar-refractivity contribution in [1.82, 2.24) is 10.2 Å². The first-order valence-corrected chi connectivity index (χ1v) is 3.11. The molecule has 0 aliphatic heterocycles. The van der Waals surface area contributed by atoms with Gasteiger partial charge in [0.1, 0.15) is 0 Å². The van der Waals surface area contributed by atoms with Gasteiger partial charge in [-0.3, -0.25) is 5.10 Å². The van der Waals surface area contributed by atoms with Crippen LogP contribution in [0.25, 0.3) is 5.57 Å². The van der Waals surface area contributed by atoms with Crippen molar-refractivity contribution in [2.75, 3.05) is 5.88 Å². The summed E-state index contributed by atoms with van der Waals surface area (Å²) in [7, 11) is 0. The molecule has 1 aromatic heterocycles. The van der Waals surface area contributed by atoms with E-state index in [1.165, 1.54) is 0 Å². The maximum Gasteiger partial charge on any atom is 0.0562 e. The Bertz CT molecular complexity index is 191. The van der Waals surface area contributed by atoms with Crippen molar-refractivity contribution in [3.05, 3.63) is 24.5 Å². The molecule has 1 heterocycles. The second-order valence-corrected chi connectivity index (χ2v) is 1.99. The fourth-order valence-electron chi connectivity index (χ4n) is 0.521. The van der Waals surface area contributed by atoms with E-state index >= 15 is 0 Å². The average molecular weight is 143 g/mol. The van der Waals surface area contributed by atoms with Crippen LogP contribution >= 0.6 is 11.6 Å². The molecule has 1 rings (SSSR count). The summed E-state index contributed by atoms with van der Waals surface area (Å²) in [5.41, 5.74) is 1.87. The highest BCUT2D eigenvalue weighted by Crippen LogP contribution is 2.09. The van der Waals surface area contributed by atoms with Crippen LogP contribution < -0.4 is 0 Å². The van der Waals surface area contributed by atoms with E-state index in [9.17, 15) is 0 Å². The van der Waals surface area contributed by atoms with Crippen LogP contribution in [0.2, 0.25) is 0 Å². The molecule has 1 aromatic rings. The SMILES string of the molecule is C=C(CCl)c1cn[nH]c1. The Morgan fingerprint density at radius 3 is 3.11 bits per heavy atom. The molecule has 0 unspecified atom stereocenters. The standard InChI is InChI=1S/C6H7ClN2/c1-5(2-7)6-3-8-9-4-6/h3-4H,1-2H2,(H,8,9). The maximum atomic E-state index is 5.50. The Morgan fingerprint density at radius 1 is 1.89 bits per heavy atom. The third-order valence-electron chi connectivity index (χ3n) is 1.07. The minimum absolute atomic E-state index is 0.458. The lowest BCUT2D eigenvalue weighted by atomic mass is 10.2. The van der Waals surface area contributed by atoms with Gasteiger partial charge in [0, 0.05) is 17.6 Å². The van der Waals surface area contributed by atoms with Crippen molar-refractivity contribution in [2.24, 2.45) is 0 Å². The normalized spacial score (nSPS) is 9.44. The zero-order valence-electron chi connectivity index (χ0n) is 4.89. The second-order valence-electron chi connectivity index (χ2n) is 1.72. The molecule has 0 bridgehead atoms. The fourth-order valence-corrected chi connectivity index (χ4v) is 0.676. The minimum Gasteiger partial charge on any atom is -0.285 e. The molecule has 0 atom stereocenters. The number of allylic oxidation sites excluding steroid dienone is 1. The molecule has 0 amide bonds. The molecule has 2 nitrogen and oxygen atoms in total. The molecule has 0 saturated carbocycles. The Balaban J connectivity index is 2.77. The van der Waals surface area contributed by atoms with Gasteiger partial charge < -0.3 is 0 Å². The lowest BCUT2D eigenvalue weighted by molar-refractivity contribution is 1.09. The summed E-state index contributed by atoms with van der Waals surface area (Å²) in [5.74, 6) is 0.458. The number of halogens is 1. The Labute approximate surface area is 58.5 Å². The largest absolute Gasteiger partial charge is 0.285 e. The van der Waals surface area contributed by atoms with Gasteiger partial charge >= 0.3 is 0 Å². The van der Waals surface area contributed by atoms with Crippen LogP contribution in [-0.4, -0.2) is 16.1 Å². The third kappa shape index (κ3) is 1.33. The summed E-state index contributed by atoms with van der Waals surface area (Å²) >= 11 is 5.50. The van der Waals surface area contributed by atoms with Crippen molar-refractivity contribution in [3.63, 3.8) is 0 Å². The summed E-state index contributed by atoms with van der Waals surface area (Å²) in [5, 5.41) is 6.42. The number of nitrogens with one attached hydrogen (secondary N) is 1. The van der Waals surface area contributed by atoms with Crippen LogP contribution in [0.3, 0.4) is 0 Å². The average Bonchev–Trinajstić information content (AvgIpc) is 2.37. The molecule has 0 fully saturated rings. The van der Waals surface area contributed by atoms with Gasteiger partial charge in [-0.1, -0.05) is 6.58 Å². The van der Waals surface area contributed by atoms with Crippen LogP contribution in [0.15, 0.2) is 19.0 Å². The van der Waals surface area contributed by atoms with Crippen LogP contribution in [0.5, 0.6) is 0 Å². The number of hydrogen-bond acceptors (Lipinski definition) is 1.